The van der Waals surface area contributed by atoms with Crippen LogP contribution in [0.4, 0.5) is 22.7 Å². The third-order valence-corrected chi connectivity index (χ3v) is 5.33. The van der Waals surface area contributed by atoms with Crippen molar-refractivity contribution in [3.8, 4) is 0 Å². The van der Waals surface area contributed by atoms with Crippen molar-refractivity contribution in [1.82, 2.24) is 4.90 Å². The maximum absolute atomic E-state index is 5.42. The molecule has 2 aromatic rings. The number of nitrogens with zero attached hydrogens (tertiary/aromatic N) is 3. The zero-order chi connectivity index (χ0) is 18.5. The maximum Gasteiger partial charge on any atom is 0.0642 e. The van der Waals surface area contributed by atoms with Crippen molar-refractivity contribution in [3.05, 3.63) is 48.5 Å². The third kappa shape index (κ3) is 4.64. The molecule has 2 saturated heterocycles. The highest BCUT2D eigenvalue weighted by Gasteiger charge is 2.14. The Morgan fingerprint density at radius 1 is 0.630 bits per heavy atom. The fraction of sp³-hybridized carbons (Fsp3) is 0.429. The van der Waals surface area contributed by atoms with Crippen molar-refractivity contribution in [3.63, 3.8) is 0 Å². The molecule has 2 fully saturated rings. The number of rotatable bonds is 5. The van der Waals surface area contributed by atoms with Crippen LogP contribution >= 0.6 is 0 Å². The monoisotopic (exact) mass is 367 g/mol. The van der Waals surface area contributed by atoms with E-state index in [1.165, 1.54) is 11.4 Å². The van der Waals surface area contributed by atoms with Gasteiger partial charge in [-0.25, -0.2) is 0 Å². The number of hydrogen-bond acceptors (Lipinski definition) is 6. The summed E-state index contributed by atoms with van der Waals surface area (Å²) in [6, 6.07) is 17.2. The Balaban J connectivity index is 1.29. The SMILES string of the molecule is CN1CCN(c2ccc(NNc3ccc(N4CCOCC4)cc3)cc2)CC1. The van der Waals surface area contributed by atoms with Crippen LogP contribution in [0, 0.1) is 0 Å². The molecule has 2 N–H and O–H groups in total. The first kappa shape index (κ1) is 17.9. The second kappa shape index (κ2) is 8.50. The molecule has 0 spiro atoms. The van der Waals surface area contributed by atoms with Gasteiger partial charge in [-0.1, -0.05) is 0 Å². The van der Waals surface area contributed by atoms with E-state index < -0.39 is 0 Å². The third-order valence-electron chi connectivity index (χ3n) is 5.33. The van der Waals surface area contributed by atoms with Crippen LogP contribution in [-0.4, -0.2) is 64.4 Å². The van der Waals surface area contributed by atoms with Crippen LogP contribution in [-0.2, 0) is 4.74 Å². The maximum atomic E-state index is 5.42. The Morgan fingerprint density at radius 2 is 1.07 bits per heavy atom. The smallest absolute Gasteiger partial charge is 0.0642 e. The lowest BCUT2D eigenvalue weighted by Gasteiger charge is -2.34. The van der Waals surface area contributed by atoms with Gasteiger partial charge in [-0.15, -0.1) is 0 Å². The summed E-state index contributed by atoms with van der Waals surface area (Å²) in [5, 5.41) is 0. The van der Waals surface area contributed by atoms with Gasteiger partial charge in [0.2, 0.25) is 0 Å². The Kier molecular flexibility index (Phi) is 5.65. The van der Waals surface area contributed by atoms with Crippen molar-refractivity contribution in [2.45, 2.75) is 0 Å². The first-order valence-electron chi connectivity index (χ1n) is 9.76. The van der Waals surface area contributed by atoms with Crippen molar-refractivity contribution in [1.29, 1.82) is 0 Å². The summed E-state index contributed by atoms with van der Waals surface area (Å²) in [5.41, 5.74) is 11.2. The van der Waals surface area contributed by atoms with Crippen LogP contribution < -0.4 is 20.7 Å². The molecule has 0 radical (unpaired) electrons. The molecular formula is C21H29N5O. The van der Waals surface area contributed by atoms with E-state index in [0.29, 0.717) is 0 Å². The number of anilines is 4. The van der Waals surface area contributed by atoms with Crippen LogP contribution in [0.5, 0.6) is 0 Å². The molecule has 144 valence electrons. The van der Waals surface area contributed by atoms with Gasteiger partial charge in [0, 0.05) is 50.6 Å². The molecule has 0 aliphatic carbocycles. The molecule has 0 bridgehead atoms. The highest BCUT2D eigenvalue weighted by Crippen LogP contribution is 2.21. The molecule has 2 heterocycles. The molecule has 0 aromatic heterocycles. The van der Waals surface area contributed by atoms with Crippen molar-refractivity contribution >= 4 is 22.7 Å². The molecule has 0 amide bonds. The van der Waals surface area contributed by atoms with E-state index in [1.807, 2.05) is 0 Å². The Morgan fingerprint density at radius 3 is 1.56 bits per heavy atom. The fourth-order valence-corrected chi connectivity index (χ4v) is 3.54. The minimum Gasteiger partial charge on any atom is -0.378 e. The average molecular weight is 367 g/mol. The Labute approximate surface area is 161 Å². The summed E-state index contributed by atoms with van der Waals surface area (Å²) in [5.74, 6) is 0. The summed E-state index contributed by atoms with van der Waals surface area (Å²) in [4.78, 5) is 7.18. The molecule has 4 rings (SSSR count). The van der Waals surface area contributed by atoms with Gasteiger partial charge in [-0.3, -0.25) is 0 Å². The van der Waals surface area contributed by atoms with Gasteiger partial charge in [-0.05, 0) is 55.6 Å². The molecule has 2 aromatic carbocycles. The normalized spacial score (nSPS) is 18.4. The van der Waals surface area contributed by atoms with E-state index in [1.54, 1.807) is 0 Å². The highest BCUT2D eigenvalue weighted by molar-refractivity contribution is 5.60. The second-order valence-corrected chi connectivity index (χ2v) is 7.23. The van der Waals surface area contributed by atoms with Gasteiger partial charge < -0.3 is 30.3 Å². The van der Waals surface area contributed by atoms with Gasteiger partial charge in [0.1, 0.15) is 0 Å². The zero-order valence-corrected chi connectivity index (χ0v) is 16.0. The molecule has 2 aliphatic rings. The van der Waals surface area contributed by atoms with Crippen LogP contribution in [0.25, 0.3) is 0 Å². The molecule has 27 heavy (non-hydrogen) atoms. The number of hydrazine groups is 1. The molecule has 2 aliphatic heterocycles. The summed E-state index contributed by atoms with van der Waals surface area (Å²) < 4.78 is 5.42. The van der Waals surface area contributed by atoms with Gasteiger partial charge >= 0.3 is 0 Å². The zero-order valence-electron chi connectivity index (χ0n) is 16.0. The summed E-state index contributed by atoms with van der Waals surface area (Å²) >= 11 is 0. The lowest BCUT2D eigenvalue weighted by molar-refractivity contribution is 0.122. The molecular weight excluding hydrogens is 338 g/mol. The minimum absolute atomic E-state index is 0.811. The molecule has 6 nitrogen and oxygen atoms in total. The second-order valence-electron chi connectivity index (χ2n) is 7.23. The first-order valence-corrected chi connectivity index (χ1v) is 9.76. The topological polar surface area (TPSA) is 43.0 Å². The Hall–Kier alpha value is -2.44. The fourth-order valence-electron chi connectivity index (χ4n) is 3.54. The summed E-state index contributed by atoms with van der Waals surface area (Å²) in [7, 11) is 2.18. The van der Waals surface area contributed by atoms with E-state index >= 15 is 0 Å². The summed E-state index contributed by atoms with van der Waals surface area (Å²) in [6.07, 6.45) is 0. The van der Waals surface area contributed by atoms with Gasteiger partial charge in [0.25, 0.3) is 0 Å². The average Bonchev–Trinajstić information content (AvgIpc) is 2.74. The predicted octanol–water partition coefficient (Wildman–Crippen LogP) is 2.71. The van der Waals surface area contributed by atoms with Crippen molar-refractivity contribution in [2.24, 2.45) is 0 Å². The number of morpholine rings is 1. The minimum atomic E-state index is 0.811. The van der Waals surface area contributed by atoms with E-state index in [-0.39, 0.29) is 0 Å². The van der Waals surface area contributed by atoms with E-state index in [0.717, 1.165) is 63.9 Å². The van der Waals surface area contributed by atoms with Gasteiger partial charge in [0.15, 0.2) is 0 Å². The first-order chi connectivity index (χ1) is 13.3. The summed E-state index contributed by atoms with van der Waals surface area (Å²) in [6.45, 7) is 7.99. The predicted molar refractivity (Wildman–Crippen MR) is 113 cm³/mol. The number of piperazine rings is 1. The number of nitrogens with one attached hydrogen (secondary N) is 2. The van der Waals surface area contributed by atoms with Crippen LogP contribution in [0.3, 0.4) is 0 Å². The van der Waals surface area contributed by atoms with Crippen molar-refractivity contribution in [2.75, 3.05) is 80.2 Å². The van der Waals surface area contributed by atoms with Crippen LogP contribution in [0.15, 0.2) is 48.5 Å². The van der Waals surface area contributed by atoms with Gasteiger partial charge in [0.05, 0.1) is 24.6 Å². The van der Waals surface area contributed by atoms with E-state index in [2.05, 4.69) is 81.1 Å². The lowest BCUT2D eigenvalue weighted by Crippen LogP contribution is -2.44. The lowest BCUT2D eigenvalue weighted by atomic mass is 10.2. The quantitative estimate of drug-likeness (QED) is 0.792. The largest absolute Gasteiger partial charge is 0.378 e. The standard InChI is InChI=1S/C21H29N5O/c1-24-10-12-25(13-11-24)20-6-2-18(3-7-20)22-23-19-4-8-21(9-5-19)26-14-16-27-17-15-26/h2-9,22-23H,10-17H2,1H3. The number of ether oxygens (including phenoxy) is 1. The van der Waals surface area contributed by atoms with E-state index in [4.69, 9.17) is 4.74 Å². The highest BCUT2D eigenvalue weighted by atomic mass is 16.5. The van der Waals surface area contributed by atoms with E-state index in [9.17, 15) is 0 Å². The van der Waals surface area contributed by atoms with Crippen molar-refractivity contribution < 1.29 is 4.74 Å². The van der Waals surface area contributed by atoms with Gasteiger partial charge in [-0.2, -0.15) is 0 Å². The Bertz CT molecular complexity index is 704. The van der Waals surface area contributed by atoms with Crippen LogP contribution in [0.1, 0.15) is 0 Å². The molecule has 0 unspecified atom stereocenters. The molecule has 0 atom stereocenters. The molecule has 6 heteroatoms. The molecule has 0 saturated carbocycles. The number of likely N-dealkylation sites (N-methyl/N-ethyl adjacent to an activating group) is 1. The van der Waals surface area contributed by atoms with Crippen LogP contribution in [0.2, 0.25) is 0 Å². The number of benzene rings is 2. The number of hydrogen-bond donors (Lipinski definition) is 2.